The molecule has 1 N–H and O–H groups in total. The van der Waals surface area contributed by atoms with E-state index in [1.807, 2.05) is 66.7 Å². The van der Waals surface area contributed by atoms with E-state index in [4.69, 9.17) is 27.1 Å². The van der Waals surface area contributed by atoms with Gasteiger partial charge < -0.3 is 19.5 Å². The summed E-state index contributed by atoms with van der Waals surface area (Å²) in [6.07, 6.45) is 9.77. The summed E-state index contributed by atoms with van der Waals surface area (Å²) in [4.78, 5) is 13.1. The molecule has 1 unspecified atom stereocenters. The van der Waals surface area contributed by atoms with Gasteiger partial charge in [0, 0.05) is 11.3 Å². The lowest BCUT2D eigenvalue weighted by Gasteiger charge is -2.19. The number of ether oxygens (including phenoxy) is 3. The monoisotopic (exact) mass is 425 g/mol. The minimum Gasteiger partial charge on any atom is -0.493 e. The second kappa shape index (κ2) is 11.3. The highest BCUT2D eigenvalue weighted by atomic mass is 16.5. The Labute approximate surface area is 188 Å². The lowest BCUT2D eigenvalue weighted by molar-refractivity contribution is -0.126. The van der Waals surface area contributed by atoms with Gasteiger partial charge in [-0.15, -0.1) is 12.8 Å². The van der Waals surface area contributed by atoms with Gasteiger partial charge in [-0.05, 0) is 29.3 Å². The molecule has 5 nitrogen and oxygen atoms in total. The van der Waals surface area contributed by atoms with E-state index in [1.54, 1.807) is 13.2 Å². The molecular formula is C27H23NO4. The van der Waals surface area contributed by atoms with Gasteiger partial charge in [-0.3, -0.25) is 4.79 Å². The first-order valence-corrected chi connectivity index (χ1v) is 9.92. The first-order chi connectivity index (χ1) is 15.7. The van der Waals surface area contributed by atoms with Crippen molar-refractivity contribution in [1.82, 2.24) is 0 Å². The Bertz CT molecular complexity index is 1140. The normalized spacial score (nSPS) is 11.0. The highest BCUT2D eigenvalue weighted by Crippen LogP contribution is 2.36. The molecule has 0 bridgehead atoms. The number of nitrogens with one attached hydrogen (secondary N) is 1. The van der Waals surface area contributed by atoms with Crippen molar-refractivity contribution >= 4 is 11.6 Å². The molecule has 1 atom stereocenters. The van der Waals surface area contributed by atoms with Gasteiger partial charge in [0.25, 0.3) is 5.91 Å². The molecule has 5 heteroatoms. The highest BCUT2D eigenvalue weighted by Gasteiger charge is 2.22. The molecule has 0 radical (unpaired) electrons. The fourth-order valence-corrected chi connectivity index (χ4v) is 3.20. The van der Waals surface area contributed by atoms with Crippen LogP contribution in [0.15, 0.2) is 72.8 Å². The van der Waals surface area contributed by atoms with Crippen LogP contribution in [0.25, 0.3) is 11.1 Å². The molecule has 3 aromatic carbocycles. The maximum Gasteiger partial charge on any atom is 0.258 e. The molecule has 0 aliphatic heterocycles. The molecule has 3 rings (SSSR count). The summed E-state index contributed by atoms with van der Waals surface area (Å²) in [5, 5.41) is 2.97. The molecule has 0 saturated heterocycles. The molecule has 0 fully saturated rings. The summed E-state index contributed by atoms with van der Waals surface area (Å²) in [7, 11) is 1.56. The van der Waals surface area contributed by atoms with Crippen LogP contribution in [-0.4, -0.2) is 26.2 Å². The molecule has 1 amide bonds. The van der Waals surface area contributed by atoms with Gasteiger partial charge in [-0.25, -0.2) is 0 Å². The number of carbonyl (C=O) groups excluding carboxylic acids is 1. The summed E-state index contributed by atoms with van der Waals surface area (Å²) in [6.45, 7) is 0.159. The third-order valence-corrected chi connectivity index (χ3v) is 4.64. The molecule has 0 aromatic heterocycles. The van der Waals surface area contributed by atoms with E-state index in [-0.39, 0.29) is 19.1 Å². The van der Waals surface area contributed by atoms with E-state index >= 15 is 0 Å². The SMILES string of the molecule is C#CCOc1ccc(-c2ccccc2NC(=O)C(OCC#C)c2ccccc2)cc1OC. The molecule has 0 aliphatic rings. The van der Waals surface area contributed by atoms with E-state index in [0.717, 1.165) is 16.7 Å². The molecule has 0 spiro atoms. The van der Waals surface area contributed by atoms with Crippen molar-refractivity contribution in [2.24, 2.45) is 0 Å². The second-order valence-corrected chi connectivity index (χ2v) is 6.70. The van der Waals surface area contributed by atoms with E-state index in [0.29, 0.717) is 17.2 Å². The summed E-state index contributed by atoms with van der Waals surface area (Å²) in [5.74, 6) is 5.61. The van der Waals surface area contributed by atoms with Gasteiger partial charge in [0.05, 0.1) is 7.11 Å². The smallest absolute Gasteiger partial charge is 0.258 e. The van der Waals surface area contributed by atoms with Gasteiger partial charge >= 0.3 is 0 Å². The molecule has 0 heterocycles. The Balaban J connectivity index is 1.90. The lowest BCUT2D eigenvalue weighted by atomic mass is 10.0. The quantitative estimate of drug-likeness (QED) is 0.505. The lowest BCUT2D eigenvalue weighted by Crippen LogP contribution is -2.24. The first-order valence-electron chi connectivity index (χ1n) is 9.92. The topological polar surface area (TPSA) is 56.8 Å². The molecule has 32 heavy (non-hydrogen) atoms. The Morgan fingerprint density at radius 2 is 1.66 bits per heavy atom. The van der Waals surface area contributed by atoms with Crippen molar-refractivity contribution in [3.8, 4) is 47.3 Å². The zero-order chi connectivity index (χ0) is 22.8. The first kappa shape index (κ1) is 22.5. The number of hydrogen-bond acceptors (Lipinski definition) is 4. The fourth-order valence-electron chi connectivity index (χ4n) is 3.20. The second-order valence-electron chi connectivity index (χ2n) is 6.70. The average Bonchev–Trinajstić information content (AvgIpc) is 2.84. The third-order valence-electron chi connectivity index (χ3n) is 4.64. The van der Waals surface area contributed by atoms with Crippen LogP contribution < -0.4 is 14.8 Å². The standard InChI is InChI=1S/C27H23NO4/c1-4-17-31-24-16-15-21(19-25(24)30-3)22-13-9-10-14-23(22)28-27(29)26(32-18-5-2)20-11-7-6-8-12-20/h1-2,6-16,19,26H,17-18H2,3H3,(H,28,29). The maximum absolute atomic E-state index is 13.1. The van der Waals surface area contributed by atoms with Gasteiger partial charge in [-0.1, -0.05) is 66.4 Å². The predicted molar refractivity (Wildman–Crippen MR) is 125 cm³/mol. The van der Waals surface area contributed by atoms with Crippen LogP contribution in [-0.2, 0) is 9.53 Å². The van der Waals surface area contributed by atoms with Crippen LogP contribution in [0.5, 0.6) is 11.5 Å². The van der Waals surface area contributed by atoms with Crippen LogP contribution >= 0.6 is 0 Å². The van der Waals surface area contributed by atoms with Gasteiger partial charge in [-0.2, -0.15) is 0 Å². The minimum absolute atomic E-state index is 0.0188. The van der Waals surface area contributed by atoms with Crippen molar-refractivity contribution in [3.05, 3.63) is 78.4 Å². The zero-order valence-corrected chi connectivity index (χ0v) is 17.7. The largest absolute Gasteiger partial charge is 0.493 e. The molecule has 160 valence electrons. The summed E-state index contributed by atoms with van der Waals surface area (Å²) in [6, 6.07) is 22.2. The number of hydrogen-bond donors (Lipinski definition) is 1. The van der Waals surface area contributed by atoms with Crippen LogP contribution in [0.1, 0.15) is 11.7 Å². The number of anilines is 1. The number of benzene rings is 3. The van der Waals surface area contributed by atoms with Crippen molar-refractivity contribution in [2.45, 2.75) is 6.10 Å². The number of carbonyl (C=O) groups is 1. The maximum atomic E-state index is 13.1. The number of methoxy groups -OCH3 is 1. The summed E-state index contributed by atoms with van der Waals surface area (Å²) >= 11 is 0. The highest BCUT2D eigenvalue weighted by molar-refractivity contribution is 5.98. The van der Waals surface area contributed by atoms with Crippen molar-refractivity contribution in [3.63, 3.8) is 0 Å². The molecule has 0 saturated carbocycles. The number of terminal acetylenes is 2. The van der Waals surface area contributed by atoms with Crippen LogP contribution in [0.3, 0.4) is 0 Å². The Morgan fingerprint density at radius 1 is 0.938 bits per heavy atom. The van der Waals surface area contributed by atoms with E-state index in [9.17, 15) is 4.79 Å². The summed E-state index contributed by atoms with van der Waals surface area (Å²) in [5.41, 5.74) is 2.99. The predicted octanol–water partition coefficient (Wildman–Crippen LogP) is 4.70. The molecular weight excluding hydrogens is 402 g/mol. The van der Waals surface area contributed by atoms with E-state index in [1.165, 1.54) is 0 Å². The summed E-state index contributed by atoms with van der Waals surface area (Å²) < 4.78 is 16.6. The Morgan fingerprint density at radius 3 is 2.38 bits per heavy atom. The van der Waals surface area contributed by atoms with Crippen molar-refractivity contribution < 1.29 is 19.0 Å². The Kier molecular flexibility index (Phi) is 7.92. The van der Waals surface area contributed by atoms with E-state index < -0.39 is 6.10 Å². The minimum atomic E-state index is -0.839. The van der Waals surface area contributed by atoms with Crippen LogP contribution in [0.2, 0.25) is 0 Å². The fraction of sp³-hybridized carbons (Fsp3) is 0.148. The molecule has 0 aliphatic carbocycles. The number of rotatable bonds is 9. The zero-order valence-electron chi connectivity index (χ0n) is 17.7. The Hall–Kier alpha value is -4.19. The van der Waals surface area contributed by atoms with Crippen LogP contribution in [0, 0.1) is 24.7 Å². The van der Waals surface area contributed by atoms with Crippen LogP contribution in [0.4, 0.5) is 5.69 Å². The average molecular weight is 425 g/mol. The van der Waals surface area contributed by atoms with Crippen molar-refractivity contribution in [1.29, 1.82) is 0 Å². The van der Waals surface area contributed by atoms with Gasteiger partial charge in [0.2, 0.25) is 0 Å². The van der Waals surface area contributed by atoms with E-state index in [2.05, 4.69) is 17.2 Å². The van der Waals surface area contributed by atoms with Gasteiger partial charge in [0.1, 0.15) is 13.2 Å². The number of amides is 1. The molecule has 3 aromatic rings. The van der Waals surface area contributed by atoms with Crippen molar-refractivity contribution in [2.75, 3.05) is 25.6 Å². The third kappa shape index (κ3) is 5.49. The van der Waals surface area contributed by atoms with Gasteiger partial charge in [0.15, 0.2) is 17.6 Å². The number of para-hydroxylation sites is 1.